The highest BCUT2D eigenvalue weighted by molar-refractivity contribution is 8.03. The highest BCUT2D eigenvalue weighted by Gasteiger charge is 2.46. The molecule has 9 nitrogen and oxygen atoms in total. The van der Waals surface area contributed by atoms with Crippen LogP contribution in [0.1, 0.15) is 62.3 Å². The van der Waals surface area contributed by atoms with Gasteiger partial charge in [-0.25, -0.2) is 4.79 Å². The van der Waals surface area contributed by atoms with Crippen molar-refractivity contribution in [2.75, 3.05) is 45.6 Å². The Morgan fingerprint density at radius 3 is 2.81 bits per heavy atom. The van der Waals surface area contributed by atoms with Crippen molar-refractivity contribution >= 4 is 40.0 Å². The van der Waals surface area contributed by atoms with Crippen LogP contribution in [0.5, 0.6) is 5.75 Å². The molecular formula is C43H55N3O6S2. The number of phenolic OH excluding ortho intramolecular Hbond substituents is 1. The van der Waals surface area contributed by atoms with Gasteiger partial charge in [-0.05, 0) is 104 Å². The largest absolute Gasteiger partial charge is 0.506 e. The molecule has 0 spiro atoms. The van der Waals surface area contributed by atoms with E-state index in [0.29, 0.717) is 40.2 Å². The molecule has 1 aliphatic carbocycles. The molecule has 3 aromatic rings. The van der Waals surface area contributed by atoms with E-state index in [1.54, 1.807) is 12.1 Å². The monoisotopic (exact) mass is 773 g/mol. The van der Waals surface area contributed by atoms with E-state index in [4.69, 9.17) is 9.47 Å². The summed E-state index contributed by atoms with van der Waals surface area (Å²) in [6.07, 6.45) is 23.5. The van der Waals surface area contributed by atoms with Gasteiger partial charge in [0.2, 0.25) is 11.2 Å². The standard InChI is InChI=1S/C43H55N3O6S2/c1-3-12-32(31-44-24-23-33-19-21-36(47)41-35(33)20-22-40(48)45-41)13-9-27-51-28-11-26-46(2)25-6-4-16-37(34-14-8-15-34)52-42(49)43(50,39-18-10-30-54-39)38-17-5-7-29-53-38/h5-7,9-10,12-13,17-22,25,30,34,37,44,47,50H,3-4,8,11,14-16,23-24,26-29,31H2,1-2H3,(H,45,48)/b13-9-,25-6+,32-12+. The molecule has 1 fully saturated rings. The molecule has 2 aliphatic rings. The van der Waals surface area contributed by atoms with E-state index in [1.807, 2.05) is 41.8 Å². The first-order chi connectivity index (χ1) is 26.3. The molecule has 11 heteroatoms. The smallest absolute Gasteiger partial charge is 0.349 e. The van der Waals surface area contributed by atoms with Gasteiger partial charge in [-0.2, -0.15) is 0 Å². The summed E-state index contributed by atoms with van der Waals surface area (Å²) >= 11 is 2.85. The lowest BCUT2D eigenvalue weighted by molar-refractivity contribution is -0.172. The molecule has 1 aromatic carbocycles. The summed E-state index contributed by atoms with van der Waals surface area (Å²) in [4.78, 5) is 31.5. The number of carbonyl (C=O) groups excluding carboxylic acids is 1. The van der Waals surface area contributed by atoms with Crippen molar-refractivity contribution in [1.29, 1.82) is 0 Å². The summed E-state index contributed by atoms with van der Waals surface area (Å²) in [6, 6.07) is 10.5. The van der Waals surface area contributed by atoms with Crippen LogP contribution in [0.25, 0.3) is 10.9 Å². The predicted octanol–water partition coefficient (Wildman–Crippen LogP) is 7.74. The number of fused-ring (bicyclic) bond motifs is 1. The number of thiophene rings is 1. The van der Waals surface area contributed by atoms with E-state index in [-0.39, 0.29) is 17.4 Å². The SMILES string of the molecule is CC/C=C(\C=C/COCCCN(C)/C=C/CCC(OC(=O)C(O)(C1=CC=CCS1)c1cccs1)C1CCC1)CNCCc1ccc(O)c2[nH]c(=O)ccc12. The number of benzene rings is 1. The number of phenols is 1. The Balaban J connectivity index is 0.980. The number of H-pyrrole nitrogens is 1. The van der Waals surface area contributed by atoms with Crippen LogP contribution in [0.4, 0.5) is 0 Å². The van der Waals surface area contributed by atoms with Crippen LogP contribution in [0.15, 0.2) is 106 Å². The number of hydrogen-bond donors (Lipinski definition) is 4. The average molecular weight is 774 g/mol. The van der Waals surface area contributed by atoms with Gasteiger partial charge in [0.25, 0.3) is 0 Å². The van der Waals surface area contributed by atoms with Crippen LogP contribution in [-0.4, -0.2) is 77.8 Å². The quantitative estimate of drug-likeness (QED) is 0.0462. The van der Waals surface area contributed by atoms with Gasteiger partial charge in [0, 0.05) is 48.9 Å². The summed E-state index contributed by atoms with van der Waals surface area (Å²) in [5.74, 6) is 0.561. The Morgan fingerprint density at radius 1 is 1.20 bits per heavy atom. The predicted molar refractivity (Wildman–Crippen MR) is 222 cm³/mol. The number of thioether (sulfide) groups is 1. The third-order valence-electron chi connectivity index (χ3n) is 9.84. The highest BCUT2D eigenvalue weighted by Crippen LogP contribution is 2.43. The average Bonchev–Trinajstić information content (AvgIpc) is 3.71. The summed E-state index contributed by atoms with van der Waals surface area (Å²) in [7, 11) is 2.06. The van der Waals surface area contributed by atoms with Crippen LogP contribution in [-0.2, 0) is 26.3 Å². The minimum absolute atomic E-state index is 0.0802. The van der Waals surface area contributed by atoms with Gasteiger partial charge in [0.05, 0.1) is 17.0 Å². The molecule has 1 saturated carbocycles. The van der Waals surface area contributed by atoms with Crippen molar-refractivity contribution in [3.05, 3.63) is 122 Å². The fourth-order valence-corrected chi connectivity index (χ4v) is 8.50. The number of esters is 1. The van der Waals surface area contributed by atoms with Gasteiger partial charge in [0.15, 0.2) is 0 Å². The van der Waals surface area contributed by atoms with Crippen molar-refractivity contribution < 1.29 is 24.5 Å². The Labute approximate surface area is 327 Å². The summed E-state index contributed by atoms with van der Waals surface area (Å²) < 4.78 is 12.0. The number of nitrogens with zero attached hydrogens (tertiary/aromatic N) is 1. The molecular weight excluding hydrogens is 719 g/mol. The van der Waals surface area contributed by atoms with Crippen LogP contribution in [0.2, 0.25) is 0 Å². The zero-order chi connectivity index (χ0) is 38.2. The third-order valence-corrected chi connectivity index (χ3v) is 11.9. The molecule has 0 bridgehead atoms. The van der Waals surface area contributed by atoms with Crippen molar-refractivity contribution in [1.82, 2.24) is 15.2 Å². The molecule has 0 saturated heterocycles. The zero-order valence-electron chi connectivity index (χ0n) is 31.5. The Kier molecular flexibility index (Phi) is 16.3. The Hall–Kier alpha value is -3.87. The van der Waals surface area contributed by atoms with Gasteiger partial charge < -0.3 is 34.9 Å². The molecule has 2 aromatic heterocycles. The van der Waals surface area contributed by atoms with E-state index in [9.17, 15) is 19.8 Å². The first-order valence-corrected chi connectivity index (χ1v) is 21.0. The van der Waals surface area contributed by atoms with Crippen LogP contribution in [0, 0.1) is 5.92 Å². The lowest BCUT2D eigenvalue weighted by Gasteiger charge is -2.36. The Bertz CT molecular complexity index is 1860. The third kappa shape index (κ3) is 11.6. The number of aromatic hydroxyl groups is 1. The number of hydrogen-bond acceptors (Lipinski definition) is 10. The summed E-state index contributed by atoms with van der Waals surface area (Å²) in [5, 5.41) is 28.2. The number of rotatable bonds is 22. The second-order valence-corrected chi connectivity index (χ2v) is 15.8. The fraction of sp³-hybridized carbons (Fsp3) is 0.442. The van der Waals surface area contributed by atoms with E-state index < -0.39 is 11.6 Å². The van der Waals surface area contributed by atoms with Crippen LogP contribution < -0.4 is 10.9 Å². The number of nitrogens with one attached hydrogen (secondary N) is 2. The second kappa shape index (κ2) is 21.3. The molecule has 0 amide bonds. The van der Waals surface area contributed by atoms with E-state index in [0.717, 1.165) is 82.0 Å². The molecule has 1 aliphatic heterocycles. The normalized spacial score (nSPS) is 16.8. The maximum atomic E-state index is 13.7. The van der Waals surface area contributed by atoms with Crippen molar-refractivity contribution in [2.24, 2.45) is 5.92 Å². The molecule has 4 N–H and O–H groups in total. The fourth-order valence-electron chi connectivity index (χ4n) is 6.64. The second-order valence-electron chi connectivity index (χ2n) is 13.8. The van der Waals surface area contributed by atoms with Crippen LogP contribution >= 0.6 is 23.1 Å². The summed E-state index contributed by atoms with van der Waals surface area (Å²) in [5.41, 5.74) is 0.749. The summed E-state index contributed by atoms with van der Waals surface area (Å²) in [6.45, 7) is 5.71. The zero-order valence-corrected chi connectivity index (χ0v) is 33.1. The first-order valence-electron chi connectivity index (χ1n) is 19.1. The molecule has 3 heterocycles. The van der Waals surface area contributed by atoms with Crippen molar-refractivity contribution in [3.8, 4) is 5.75 Å². The van der Waals surface area contributed by atoms with Gasteiger partial charge >= 0.3 is 5.97 Å². The minimum atomic E-state index is -1.77. The minimum Gasteiger partial charge on any atom is -0.506 e. The maximum Gasteiger partial charge on any atom is 0.349 e. The lowest BCUT2D eigenvalue weighted by Crippen LogP contribution is -2.42. The topological polar surface area (TPSA) is 124 Å². The number of pyridine rings is 1. The maximum absolute atomic E-state index is 13.7. The number of aliphatic hydroxyl groups is 1. The van der Waals surface area contributed by atoms with E-state index in [2.05, 4.69) is 59.7 Å². The van der Waals surface area contributed by atoms with E-state index in [1.165, 1.54) is 34.7 Å². The highest BCUT2D eigenvalue weighted by atomic mass is 32.2. The molecule has 2 unspecified atom stereocenters. The number of allylic oxidation sites excluding steroid dienone is 4. The molecule has 290 valence electrons. The number of aromatic nitrogens is 1. The van der Waals surface area contributed by atoms with Gasteiger partial charge in [-0.15, -0.1) is 23.1 Å². The van der Waals surface area contributed by atoms with Crippen molar-refractivity contribution in [3.63, 3.8) is 0 Å². The Morgan fingerprint density at radius 2 is 2.07 bits per heavy atom. The number of ether oxygens (including phenoxy) is 2. The molecule has 5 rings (SSSR count). The van der Waals surface area contributed by atoms with E-state index >= 15 is 0 Å². The van der Waals surface area contributed by atoms with Gasteiger partial charge in [-0.1, -0.05) is 61.9 Å². The number of carbonyl (C=O) groups is 1. The van der Waals surface area contributed by atoms with Gasteiger partial charge in [0.1, 0.15) is 11.9 Å². The molecule has 54 heavy (non-hydrogen) atoms. The molecule has 2 atom stereocenters. The van der Waals surface area contributed by atoms with Crippen molar-refractivity contribution in [2.45, 2.75) is 70.0 Å². The lowest BCUT2D eigenvalue weighted by atomic mass is 9.79. The molecule has 0 radical (unpaired) electrons. The van der Waals surface area contributed by atoms with Gasteiger partial charge in [-0.3, -0.25) is 4.79 Å². The first kappa shape index (κ1) is 41.3. The number of aromatic amines is 1. The van der Waals surface area contributed by atoms with Crippen LogP contribution in [0.3, 0.4) is 0 Å².